The minimum Gasteiger partial charge on any atom is -0.464 e. The van der Waals surface area contributed by atoms with Crippen LogP contribution in [0.5, 0.6) is 0 Å². The normalized spacial score (nSPS) is 15.3. The van der Waals surface area contributed by atoms with Gasteiger partial charge in [-0.05, 0) is 20.8 Å². The van der Waals surface area contributed by atoms with E-state index in [2.05, 4.69) is 4.74 Å². The van der Waals surface area contributed by atoms with E-state index < -0.39 is 16.6 Å². The van der Waals surface area contributed by atoms with Gasteiger partial charge < -0.3 is 4.74 Å². The van der Waals surface area contributed by atoms with Crippen LogP contribution in [0.2, 0.25) is 0 Å². The molecule has 0 spiro atoms. The molecule has 0 radical (unpaired) electrons. The van der Waals surface area contributed by atoms with Crippen molar-refractivity contribution in [2.75, 3.05) is 6.61 Å². The third-order valence-corrected chi connectivity index (χ3v) is 1.74. The van der Waals surface area contributed by atoms with Gasteiger partial charge in [0.2, 0.25) is 0 Å². The maximum atomic E-state index is 10.9. The van der Waals surface area contributed by atoms with E-state index in [1.807, 2.05) is 0 Å². The van der Waals surface area contributed by atoms with Gasteiger partial charge in [-0.3, -0.25) is 4.79 Å². The summed E-state index contributed by atoms with van der Waals surface area (Å²) in [5.41, 5.74) is 0. The van der Waals surface area contributed by atoms with Crippen molar-refractivity contribution in [3.8, 4) is 0 Å². The van der Waals surface area contributed by atoms with Crippen molar-refractivity contribution < 1.29 is 14.3 Å². The summed E-state index contributed by atoms with van der Waals surface area (Å²) in [7, 11) is 0. The van der Waals surface area contributed by atoms with Gasteiger partial charge in [-0.2, -0.15) is 0 Å². The maximum Gasteiger partial charge on any atom is 0.334 e. The summed E-state index contributed by atoms with van der Waals surface area (Å²) in [5.74, 6) is -1.09. The highest BCUT2D eigenvalue weighted by Gasteiger charge is 2.37. The van der Waals surface area contributed by atoms with Crippen LogP contribution in [-0.2, 0) is 14.3 Å². The van der Waals surface area contributed by atoms with Gasteiger partial charge in [-0.25, -0.2) is 4.79 Å². The summed E-state index contributed by atoms with van der Waals surface area (Å²) in [4.78, 5) is 20.2. The number of hydrogen-bond acceptors (Lipinski definition) is 3. The molecule has 3 nitrogen and oxygen atoms in total. The topological polar surface area (TPSA) is 43.4 Å². The number of carbonyl (C=O) groups is 2. The van der Waals surface area contributed by atoms with Crippen molar-refractivity contribution in [1.82, 2.24) is 0 Å². The predicted octanol–water partition coefficient (Wildman–Crippen LogP) is 1.14. The highest BCUT2D eigenvalue weighted by molar-refractivity contribution is 6.45. The number of esters is 1. The number of Topliss-reactive ketones (excluding diaryl/α,β-unsaturated/α-hetero) is 1. The molecule has 0 bridgehead atoms. The standard InChI is InChI=1S/C7H11ClO3/c1-4-11-6(10)7(3,8)5(2)9/h4H2,1-3H3. The molecule has 0 aliphatic heterocycles. The average molecular weight is 179 g/mol. The van der Waals surface area contributed by atoms with E-state index >= 15 is 0 Å². The van der Waals surface area contributed by atoms with Crippen LogP contribution >= 0.6 is 11.6 Å². The number of rotatable bonds is 3. The SMILES string of the molecule is CCOC(=O)C(C)(Cl)C(C)=O. The van der Waals surface area contributed by atoms with Crippen LogP contribution in [0, 0.1) is 0 Å². The molecule has 0 fully saturated rings. The lowest BCUT2D eigenvalue weighted by molar-refractivity contribution is -0.148. The largest absolute Gasteiger partial charge is 0.464 e. The molecule has 0 aliphatic rings. The van der Waals surface area contributed by atoms with E-state index in [-0.39, 0.29) is 6.61 Å². The van der Waals surface area contributed by atoms with E-state index in [1.54, 1.807) is 6.92 Å². The van der Waals surface area contributed by atoms with Gasteiger partial charge in [-0.1, -0.05) is 11.6 Å². The first-order chi connectivity index (χ1) is 4.92. The summed E-state index contributed by atoms with van der Waals surface area (Å²) in [6.07, 6.45) is 0. The van der Waals surface area contributed by atoms with E-state index in [9.17, 15) is 9.59 Å². The molecule has 0 aromatic heterocycles. The van der Waals surface area contributed by atoms with Crippen LogP contribution in [-0.4, -0.2) is 23.2 Å². The van der Waals surface area contributed by atoms with Crippen LogP contribution in [0.1, 0.15) is 20.8 Å². The van der Waals surface area contributed by atoms with Crippen molar-refractivity contribution in [3.63, 3.8) is 0 Å². The molecule has 0 rings (SSSR count). The lowest BCUT2D eigenvalue weighted by atomic mass is 10.1. The van der Waals surface area contributed by atoms with Crippen LogP contribution in [0.3, 0.4) is 0 Å². The van der Waals surface area contributed by atoms with Crippen molar-refractivity contribution in [3.05, 3.63) is 0 Å². The van der Waals surface area contributed by atoms with E-state index in [0.29, 0.717) is 0 Å². The molecular formula is C7H11ClO3. The van der Waals surface area contributed by atoms with E-state index in [4.69, 9.17) is 11.6 Å². The van der Waals surface area contributed by atoms with Gasteiger partial charge in [0, 0.05) is 0 Å². The third-order valence-electron chi connectivity index (χ3n) is 1.32. The summed E-state index contributed by atoms with van der Waals surface area (Å²) in [6.45, 7) is 4.47. The molecule has 1 unspecified atom stereocenters. The second-order valence-corrected chi connectivity index (χ2v) is 3.04. The molecule has 0 N–H and O–H groups in total. The van der Waals surface area contributed by atoms with Gasteiger partial charge in [0.25, 0.3) is 0 Å². The van der Waals surface area contributed by atoms with Gasteiger partial charge in [0.1, 0.15) is 0 Å². The quantitative estimate of drug-likeness (QED) is 0.370. The first-order valence-electron chi connectivity index (χ1n) is 3.30. The Hall–Kier alpha value is -0.570. The van der Waals surface area contributed by atoms with Gasteiger partial charge in [-0.15, -0.1) is 0 Å². The van der Waals surface area contributed by atoms with Gasteiger partial charge in [0.05, 0.1) is 6.61 Å². The Labute approximate surface area is 70.7 Å². The number of alkyl halides is 1. The fourth-order valence-corrected chi connectivity index (χ4v) is 0.465. The third kappa shape index (κ3) is 2.50. The summed E-state index contributed by atoms with van der Waals surface area (Å²) < 4.78 is 4.58. The fourth-order valence-electron chi connectivity index (χ4n) is 0.410. The Kier molecular flexibility index (Phi) is 3.52. The molecule has 64 valence electrons. The smallest absolute Gasteiger partial charge is 0.334 e. The number of carbonyl (C=O) groups excluding carboxylic acids is 2. The molecule has 0 aromatic carbocycles. The minimum absolute atomic E-state index is 0.231. The van der Waals surface area contributed by atoms with E-state index in [1.165, 1.54) is 13.8 Å². The number of ketones is 1. The van der Waals surface area contributed by atoms with Crippen LogP contribution in [0.15, 0.2) is 0 Å². The predicted molar refractivity (Wildman–Crippen MR) is 41.6 cm³/mol. The lowest BCUT2D eigenvalue weighted by Crippen LogP contribution is -2.37. The van der Waals surface area contributed by atoms with E-state index in [0.717, 1.165) is 0 Å². The molecule has 1 atom stereocenters. The monoisotopic (exact) mass is 178 g/mol. The number of hydrogen-bond donors (Lipinski definition) is 0. The zero-order chi connectivity index (χ0) is 9.07. The number of ether oxygens (including phenoxy) is 1. The fraction of sp³-hybridized carbons (Fsp3) is 0.714. The highest BCUT2D eigenvalue weighted by atomic mass is 35.5. The summed E-state index contributed by atoms with van der Waals surface area (Å²) in [5, 5.41) is 0. The average Bonchev–Trinajstić information content (AvgIpc) is 1.88. The Morgan fingerprint density at radius 3 is 2.27 bits per heavy atom. The van der Waals surface area contributed by atoms with Crippen molar-refractivity contribution >= 4 is 23.4 Å². The van der Waals surface area contributed by atoms with Crippen LogP contribution in [0.4, 0.5) is 0 Å². The molecule has 0 saturated carbocycles. The van der Waals surface area contributed by atoms with Gasteiger partial charge in [0.15, 0.2) is 10.7 Å². The Morgan fingerprint density at radius 1 is 1.55 bits per heavy atom. The van der Waals surface area contributed by atoms with Crippen molar-refractivity contribution in [1.29, 1.82) is 0 Å². The van der Waals surface area contributed by atoms with Crippen LogP contribution in [0.25, 0.3) is 0 Å². The zero-order valence-corrected chi connectivity index (χ0v) is 7.57. The molecule has 0 aromatic rings. The van der Waals surface area contributed by atoms with Gasteiger partial charge >= 0.3 is 5.97 Å². The van der Waals surface area contributed by atoms with Crippen molar-refractivity contribution in [2.45, 2.75) is 25.6 Å². The second kappa shape index (κ2) is 3.72. The van der Waals surface area contributed by atoms with Crippen molar-refractivity contribution in [2.24, 2.45) is 0 Å². The molecule has 4 heteroatoms. The lowest BCUT2D eigenvalue weighted by Gasteiger charge is -2.15. The summed E-state index contributed by atoms with van der Waals surface area (Å²) >= 11 is 5.58. The summed E-state index contributed by atoms with van der Waals surface area (Å²) in [6, 6.07) is 0. The number of halogens is 1. The molecule has 0 saturated heterocycles. The highest BCUT2D eigenvalue weighted by Crippen LogP contribution is 2.17. The maximum absolute atomic E-state index is 10.9. The minimum atomic E-state index is -1.52. The second-order valence-electron chi connectivity index (χ2n) is 2.28. The molecular weight excluding hydrogens is 168 g/mol. The molecule has 11 heavy (non-hydrogen) atoms. The first-order valence-corrected chi connectivity index (χ1v) is 3.68. The Balaban J connectivity index is 4.30. The Morgan fingerprint density at radius 2 is 2.00 bits per heavy atom. The molecule has 0 heterocycles. The van der Waals surface area contributed by atoms with Crippen LogP contribution < -0.4 is 0 Å². The molecule has 0 amide bonds. The first kappa shape index (κ1) is 10.4. The Bertz CT molecular complexity index is 175. The zero-order valence-electron chi connectivity index (χ0n) is 6.81. The molecule has 0 aliphatic carbocycles.